The second-order valence-electron chi connectivity index (χ2n) is 6.25. The van der Waals surface area contributed by atoms with E-state index in [1.165, 1.54) is 5.69 Å². The first-order chi connectivity index (χ1) is 12.4. The number of hydrogen-bond donors (Lipinski definition) is 1. The molecule has 0 saturated carbocycles. The molecular weight excluding hydrogens is 525 g/mol. The smallest absolute Gasteiger partial charge is 0.194 e. The molecule has 0 radical (unpaired) electrons. The number of nitrogens with zero attached hydrogens (tertiary/aromatic N) is 6. The molecule has 0 atom stereocenters. The van der Waals surface area contributed by atoms with Gasteiger partial charge in [-0.15, -0.1) is 34.2 Å². The lowest BCUT2D eigenvalue weighted by atomic mass is 10.4. The van der Waals surface area contributed by atoms with Gasteiger partial charge in [-0.25, -0.2) is 4.99 Å². The summed E-state index contributed by atoms with van der Waals surface area (Å²) >= 11 is 3.52. The van der Waals surface area contributed by atoms with Crippen LogP contribution in [0, 0.1) is 6.92 Å². The zero-order chi connectivity index (χ0) is 19.1. The van der Waals surface area contributed by atoms with Crippen molar-refractivity contribution in [3.63, 3.8) is 0 Å². The predicted octanol–water partition coefficient (Wildman–Crippen LogP) is 2.46. The monoisotopic (exact) mass is 553 g/mol. The van der Waals surface area contributed by atoms with E-state index in [-0.39, 0.29) is 24.0 Å². The summed E-state index contributed by atoms with van der Waals surface area (Å²) in [4.78, 5) is 6.85. The summed E-state index contributed by atoms with van der Waals surface area (Å²) in [5.74, 6) is 2.56. The number of aryl methyl sites for hydroxylation is 2. The molecular formula is C17H29BrIN7O. The average Bonchev–Trinajstić information content (AvgIpc) is 3.08. The van der Waals surface area contributed by atoms with Crippen molar-refractivity contribution in [3.8, 4) is 0 Å². The SMILES string of the molecule is COCCCNC(=NCc1nnc(C)n1C)N(C)Cc1cc(Br)cn1C.I. The maximum atomic E-state index is 5.12. The topological polar surface area (TPSA) is 72.5 Å². The van der Waals surface area contributed by atoms with Crippen LogP contribution in [-0.4, -0.2) is 57.5 Å². The number of aromatic nitrogens is 4. The number of halogens is 2. The van der Waals surface area contributed by atoms with Crippen molar-refractivity contribution in [2.45, 2.75) is 26.4 Å². The summed E-state index contributed by atoms with van der Waals surface area (Å²) in [5, 5.41) is 11.7. The van der Waals surface area contributed by atoms with Crippen molar-refractivity contribution in [2.75, 3.05) is 27.3 Å². The Labute approximate surface area is 186 Å². The molecule has 2 aromatic heterocycles. The molecule has 10 heteroatoms. The Bertz CT molecular complexity index is 744. The molecule has 0 saturated heterocycles. The summed E-state index contributed by atoms with van der Waals surface area (Å²) in [6.07, 6.45) is 2.97. The fourth-order valence-corrected chi connectivity index (χ4v) is 3.08. The van der Waals surface area contributed by atoms with Crippen molar-refractivity contribution >= 4 is 45.9 Å². The number of nitrogens with one attached hydrogen (secondary N) is 1. The van der Waals surface area contributed by atoms with E-state index in [0.29, 0.717) is 6.54 Å². The van der Waals surface area contributed by atoms with Gasteiger partial charge in [0.05, 0.1) is 6.54 Å². The van der Waals surface area contributed by atoms with Gasteiger partial charge in [0, 0.05) is 57.8 Å². The molecule has 2 rings (SSSR count). The van der Waals surface area contributed by atoms with Crippen molar-refractivity contribution in [1.29, 1.82) is 0 Å². The van der Waals surface area contributed by atoms with Crippen molar-refractivity contribution < 1.29 is 4.74 Å². The van der Waals surface area contributed by atoms with Crippen LogP contribution in [0.2, 0.25) is 0 Å². The van der Waals surface area contributed by atoms with Gasteiger partial charge in [-0.05, 0) is 35.3 Å². The van der Waals surface area contributed by atoms with Gasteiger partial charge < -0.3 is 24.1 Å². The zero-order valence-electron chi connectivity index (χ0n) is 16.6. The molecule has 0 aliphatic carbocycles. The Morgan fingerprint density at radius 2 is 2.11 bits per heavy atom. The first-order valence-corrected chi connectivity index (χ1v) is 9.35. The lowest BCUT2D eigenvalue weighted by Gasteiger charge is -2.23. The molecule has 0 aliphatic heterocycles. The van der Waals surface area contributed by atoms with Gasteiger partial charge in [0.15, 0.2) is 11.8 Å². The summed E-state index contributed by atoms with van der Waals surface area (Å²) in [5.41, 5.74) is 1.19. The zero-order valence-corrected chi connectivity index (χ0v) is 20.5. The standard InChI is InChI=1S/C17H28BrN7O.HI/c1-13-21-22-16(25(13)4)10-20-17(19-7-6-8-26-5)24(3)12-15-9-14(18)11-23(15)2;/h9,11H,6-8,10,12H2,1-5H3,(H,19,20);1H. The number of ether oxygens (including phenoxy) is 1. The van der Waals surface area contributed by atoms with E-state index in [1.54, 1.807) is 7.11 Å². The number of aliphatic imine (C=N–C) groups is 1. The van der Waals surface area contributed by atoms with E-state index in [2.05, 4.69) is 47.0 Å². The lowest BCUT2D eigenvalue weighted by molar-refractivity contribution is 0.195. The molecule has 2 heterocycles. The molecule has 2 aromatic rings. The summed E-state index contributed by atoms with van der Waals surface area (Å²) < 4.78 is 10.3. The Hall–Kier alpha value is -1.14. The second kappa shape index (κ2) is 11.6. The van der Waals surface area contributed by atoms with Gasteiger partial charge >= 0.3 is 0 Å². The largest absolute Gasteiger partial charge is 0.385 e. The van der Waals surface area contributed by atoms with Crippen LogP contribution in [0.5, 0.6) is 0 Å². The molecule has 1 N–H and O–H groups in total. The van der Waals surface area contributed by atoms with Crippen molar-refractivity contribution in [3.05, 3.63) is 34.1 Å². The lowest BCUT2D eigenvalue weighted by Crippen LogP contribution is -2.39. The first-order valence-electron chi connectivity index (χ1n) is 8.56. The third kappa shape index (κ3) is 7.07. The number of hydrogen-bond acceptors (Lipinski definition) is 4. The van der Waals surface area contributed by atoms with Crippen LogP contribution in [0.25, 0.3) is 0 Å². The second-order valence-corrected chi connectivity index (χ2v) is 7.17. The van der Waals surface area contributed by atoms with E-state index in [9.17, 15) is 0 Å². The van der Waals surface area contributed by atoms with Gasteiger partial charge in [-0.3, -0.25) is 0 Å². The highest BCUT2D eigenvalue weighted by Crippen LogP contribution is 2.15. The molecule has 0 aromatic carbocycles. The highest BCUT2D eigenvalue weighted by Gasteiger charge is 2.11. The quantitative estimate of drug-likeness (QED) is 0.235. The highest BCUT2D eigenvalue weighted by atomic mass is 127. The maximum Gasteiger partial charge on any atom is 0.194 e. The molecule has 27 heavy (non-hydrogen) atoms. The van der Waals surface area contributed by atoms with Gasteiger partial charge in [0.2, 0.25) is 0 Å². The van der Waals surface area contributed by atoms with E-state index >= 15 is 0 Å². The van der Waals surface area contributed by atoms with Crippen LogP contribution in [0.1, 0.15) is 23.8 Å². The Morgan fingerprint density at radius 1 is 1.37 bits per heavy atom. The van der Waals surface area contributed by atoms with Gasteiger partial charge in [0.1, 0.15) is 12.4 Å². The van der Waals surface area contributed by atoms with E-state index in [4.69, 9.17) is 9.73 Å². The summed E-state index contributed by atoms with van der Waals surface area (Å²) in [7, 11) is 7.74. The molecule has 0 spiro atoms. The minimum absolute atomic E-state index is 0. The van der Waals surface area contributed by atoms with Crippen LogP contribution in [0.3, 0.4) is 0 Å². The molecule has 0 amide bonds. The van der Waals surface area contributed by atoms with E-state index in [0.717, 1.165) is 48.2 Å². The van der Waals surface area contributed by atoms with E-state index in [1.807, 2.05) is 38.8 Å². The number of guanidine groups is 1. The Balaban J connectivity index is 0.00000364. The van der Waals surface area contributed by atoms with Crippen LogP contribution >= 0.6 is 39.9 Å². The maximum absolute atomic E-state index is 5.12. The van der Waals surface area contributed by atoms with Crippen LogP contribution < -0.4 is 5.32 Å². The number of rotatable bonds is 8. The Morgan fingerprint density at radius 3 is 2.67 bits per heavy atom. The summed E-state index contributed by atoms with van der Waals surface area (Å²) in [6, 6.07) is 2.12. The molecule has 0 aliphatic rings. The van der Waals surface area contributed by atoms with Crippen LogP contribution in [0.15, 0.2) is 21.7 Å². The predicted molar refractivity (Wildman–Crippen MR) is 121 cm³/mol. The fraction of sp³-hybridized carbons (Fsp3) is 0.588. The third-order valence-electron chi connectivity index (χ3n) is 4.20. The van der Waals surface area contributed by atoms with Crippen molar-refractivity contribution in [1.82, 2.24) is 29.5 Å². The minimum atomic E-state index is 0. The van der Waals surface area contributed by atoms with Crippen LogP contribution in [0.4, 0.5) is 0 Å². The highest BCUT2D eigenvalue weighted by molar-refractivity contribution is 14.0. The number of methoxy groups -OCH3 is 1. The summed E-state index contributed by atoms with van der Waals surface area (Å²) in [6.45, 7) is 4.67. The fourth-order valence-electron chi connectivity index (χ4n) is 2.50. The Kier molecular flexibility index (Phi) is 10.3. The average molecular weight is 554 g/mol. The first kappa shape index (κ1) is 23.9. The van der Waals surface area contributed by atoms with E-state index < -0.39 is 0 Å². The third-order valence-corrected chi connectivity index (χ3v) is 4.63. The molecule has 0 fully saturated rings. The van der Waals surface area contributed by atoms with Gasteiger partial charge in [0.25, 0.3) is 0 Å². The van der Waals surface area contributed by atoms with Gasteiger partial charge in [-0.1, -0.05) is 0 Å². The molecule has 0 bridgehead atoms. The normalized spacial score (nSPS) is 11.4. The van der Waals surface area contributed by atoms with Crippen LogP contribution in [-0.2, 0) is 31.9 Å². The van der Waals surface area contributed by atoms with Crippen molar-refractivity contribution in [2.24, 2.45) is 19.1 Å². The molecule has 0 unspecified atom stereocenters. The van der Waals surface area contributed by atoms with Gasteiger partial charge in [-0.2, -0.15) is 0 Å². The molecule has 8 nitrogen and oxygen atoms in total. The minimum Gasteiger partial charge on any atom is -0.385 e. The molecule has 152 valence electrons.